The zero-order chi connectivity index (χ0) is 8.69. The van der Waals surface area contributed by atoms with Gasteiger partial charge < -0.3 is 0 Å². The number of hydrogen-bond acceptors (Lipinski definition) is 1. The molecule has 0 aliphatic heterocycles. The average Bonchev–Trinajstić information content (AvgIpc) is 2.03. The third kappa shape index (κ3) is 4.21. The molecule has 0 heterocycles. The van der Waals surface area contributed by atoms with Crippen LogP contribution in [0, 0.1) is 11.3 Å². The molecule has 0 bridgehead atoms. The predicted molar refractivity (Wildman–Crippen MR) is 51.4 cm³/mol. The van der Waals surface area contributed by atoms with E-state index >= 15 is 0 Å². The minimum Gasteiger partial charge on any atom is -0.192 e. The summed E-state index contributed by atoms with van der Waals surface area (Å²) in [5.41, 5.74) is 1.26. The van der Waals surface area contributed by atoms with Crippen molar-refractivity contribution in [3.05, 3.63) is 10.1 Å². The minimum absolute atomic E-state index is 0.737. The van der Waals surface area contributed by atoms with Crippen molar-refractivity contribution >= 4 is 15.9 Å². The fourth-order valence-corrected chi connectivity index (χ4v) is 1.42. The highest BCUT2D eigenvalue weighted by Gasteiger charge is 2.00. The van der Waals surface area contributed by atoms with Gasteiger partial charge in [0.05, 0.1) is 4.48 Å². The number of nitriles is 1. The first kappa shape index (κ1) is 10.7. The van der Waals surface area contributed by atoms with Gasteiger partial charge in [-0.25, -0.2) is 0 Å². The number of halogens is 1. The van der Waals surface area contributed by atoms with Gasteiger partial charge in [0.25, 0.3) is 0 Å². The molecular formula is C9H14BrN. The van der Waals surface area contributed by atoms with E-state index in [9.17, 15) is 0 Å². The van der Waals surface area contributed by atoms with Crippen LogP contribution in [0.15, 0.2) is 10.1 Å². The van der Waals surface area contributed by atoms with E-state index in [4.69, 9.17) is 5.26 Å². The predicted octanol–water partition coefficient (Wildman–Crippen LogP) is 3.76. The molecular weight excluding hydrogens is 202 g/mol. The van der Waals surface area contributed by atoms with Gasteiger partial charge in [-0.3, -0.25) is 0 Å². The van der Waals surface area contributed by atoms with Crippen molar-refractivity contribution in [2.45, 2.75) is 39.5 Å². The van der Waals surface area contributed by atoms with Crippen molar-refractivity contribution in [1.82, 2.24) is 0 Å². The summed E-state index contributed by atoms with van der Waals surface area (Å²) in [6.07, 6.45) is 4.32. The lowest BCUT2D eigenvalue weighted by Crippen LogP contribution is -1.85. The fraction of sp³-hybridized carbons (Fsp3) is 0.667. The van der Waals surface area contributed by atoms with Crippen LogP contribution in [0.5, 0.6) is 0 Å². The molecule has 0 aromatic carbocycles. The first-order valence-electron chi connectivity index (χ1n) is 4.03. The standard InChI is InChI=1S/C9H14BrN/c1-3-5-8(6-4-2)9(10)7-11/h3-6H2,1-2H3. The van der Waals surface area contributed by atoms with Crippen molar-refractivity contribution in [1.29, 1.82) is 5.26 Å². The van der Waals surface area contributed by atoms with Crippen LogP contribution in [-0.2, 0) is 0 Å². The van der Waals surface area contributed by atoms with Crippen molar-refractivity contribution in [2.75, 3.05) is 0 Å². The smallest absolute Gasteiger partial charge is 0.107 e. The molecule has 0 aliphatic carbocycles. The van der Waals surface area contributed by atoms with E-state index in [-0.39, 0.29) is 0 Å². The molecule has 0 aliphatic rings. The quantitative estimate of drug-likeness (QED) is 0.656. The summed E-state index contributed by atoms with van der Waals surface area (Å²) in [4.78, 5) is 0. The molecule has 1 nitrogen and oxygen atoms in total. The van der Waals surface area contributed by atoms with Gasteiger partial charge in [0, 0.05) is 0 Å². The zero-order valence-corrected chi connectivity index (χ0v) is 8.74. The van der Waals surface area contributed by atoms with Gasteiger partial charge in [0.1, 0.15) is 6.07 Å². The summed E-state index contributed by atoms with van der Waals surface area (Å²) < 4.78 is 0.737. The Kier molecular flexibility index (Phi) is 6.25. The first-order valence-corrected chi connectivity index (χ1v) is 4.83. The third-order valence-corrected chi connectivity index (χ3v) is 2.25. The van der Waals surface area contributed by atoms with Crippen molar-refractivity contribution in [2.24, 2.45) is 0 Å². The normalized spacial score (nSPS) is 8.91. The van der Waals surface area contributed by atoms with Crippen LogP contribution in [0.3, 0.4) is 0 Å². The molecule has 0 saturated heterocycles. The van der Waals surface area contributed by atoms with Crippen LogP contribution >= 0.6 is 15.9 Å². The number of hydrogen-bond donors (Lipinski definition) is 0. The molecule has 0 fully saturated rings. The van der Waals surface area contributed by atoms with Gasteiger partial charge in [0.2, 0.25) is 0 Å². The Labute approximate surface area is 77.2 Å². The maximum absolute atomic E-state index is 8.60. The molecule has 0 saturated carbocycles. The first-order chi connectivity index (χ1) is 5.26. The number of nitrogens with zero attached hydrogens (tertiary/aromatic N) is 1. The average molecular weight is 216 g/mol. The van der Waals surface area contributed by atoms with Crippen LogP contribution in [0.2, 0.25) is 0 Å². The summed E-state index contributed by atoms with van der Waals surface area (Å²) >= 11 is 3.26. The van der Waals surface area contributed by atoms with Crippen molar-refractivity contribution in [3.8, 4) is 6.07 Å². The lowest BCUT2D eigenvalue weighted by Gasteiger charge is -2.02. The van der Waals surface area contributed by atoms with Crippen LogP contribution in [0.25, 0.3) is 0 Å². The Morgan fingerprint density at radius 1 is 1.27 bits per heavy atom. The molecule has 0 aromatic rings. The van der Waals surface area contributed by atoms with E-state index in [0.717, 1.165) is 30.2 Å². The fourth-order valence-electron chi connectivity index (χ4n) is 1.03. The van der Waals surface area contributed by atoms with Gasteiger partial charge >= 0.3 is 0 Å². The monoisotopic (exact) mass is 215 g/mol. The molecule has 0 N–H and O–H groups in total. The van der Waals surface area contributed by atoms with E-state index in [2.05, 4.69) is 35.8 Å². The lowest BCUT2D eigenvalue weighted by atomic mass is 10.1. The zero-order valence-electron chi connectivity index (χ0n) is 7.15. The van der Waals surface area contributed by atoms with E-state index in [0.29, 0.717) is 0 Å². The van der Waals surface area contributed by atoms with E-state index in [1.54, 1.807) is 0 Å². The highest BCUT2D eigenvalue weighted by atomic mass is 79.9. The summed E-state index contributed by atoms with van der Waals surface area (Å²) in [5.74, 6) is 0. The molecule has 0 radical (unpaired) electrons. The Hall–Kier alpha value is -0.290. The molecule has 0 unspecified atom stereocenters. The van der Waals surface area contributed by atoms with E-state index in [1.165, 1.54) is 5.57 Å². The van der Waals surface area contributed by atoms with Crippen LogP contribution < -0.4 is 0 Å². The second-order valence-electron chi connectivity index (χ2n) is 2.53. The number of allylic oxidation sites excluding steroid dienone is 2. The summed E-state index contributed by atoms with van der Waals surface area (Å²) in [5, 5.41) is 8.60. The highest BCUT2D eigenvalue weighted by Crippen LogP contribution is 2.20. The van der Waals surface area contributed by atoms with Gasteiger partial charge in [-0.15, -0.1) is 0 Å². The summed E-state index contributed by atoms with van der Waals surface area (Å²) in [6, 6.07) is 2.13. The van der Waals surface area contributed by atoms with Gasteiger partial charge in [-0.1, -0.05) is 26.7 Å². The SMILES string of the molecule is CCCC(CCC)=C(Br)C#N. The molecule has 0 rings (SSSR count). The Morgan fingerprint density at radius 3 is 2.00 bits per heavy atom. The Morgan fingerprint density at radius 2 is 1.73 bits per heavy atom. The number of rotatable bonds is 4. The maximum Gasteiger partial charge on any atom is 0.107 e. The van der Waals surface area contributed by atoms with Gasteiger partial charge in [0.15, 0.2) is 0 Å². The van der Waals surface area contributed by atoms with Crippen molar-refractivity contribution < 1.29 is 0 Å². The topological polar surface area (TPSA) is 23.8 Å². The van der Waals surface area contributed by atoms with E-state index in [1.807, 2.05) is 0 Å². The summed E-state index contributed by atoms with van der Waals surface area (Å²) in [6.45, 7) is 4.26. The highest BCUT2D eigenvalue weighted by molar-refractivity contribution is 9.12. The molecule has 2 heteroatoms. The third-order valence-electron chi connectivity index (χ3n) is 1.51. The maximum atomic E-state index is 8.60. The van der Waals surface area contributed by atoms with Crippen molar-refractivity contribution in [3.63, 3.8) is 0 Å². The summed E-state index contributed by atoms with van der Waals surface area (Å²) in [7, 11) is 0. The van der Waals surface area contributed by atoms with E-state index < -0.39 is 0 Å². The minimum atomic E-state index is 0.737. The second-order valence-corrected chi connectivity index (χ2v) is 3.32. The molecule has 0 aromatic heterocycles. The molecule has 0 amide bonds. The Balaban J connectivity index is 4.20. The van der Waals surface area contributed by atoms with Gasteiger partial charge in [-0.2, -0.15) is 5.26 Å². The van der Waals surface area contributed by atoms with Crippen LogP contribution in [0.4, 0.5) is 0 Å². The molecule has 11 heavy (non-hydrogen) atoms. The van der Waals surface area contributed by atoms with Crippen LogP contribution in [-0.4, -0.2) is 0 Å². The molecule has 62 valence electrons. The largest absolute Gasteiger partial charge is 0.192 e. The van der Waals surface area contributed by atoms with Gasteiger partial charge in [-0.05, 0) is 34.3 Å². The Bertz CT molecular complexity index is 168. The lowest BCUT2D eigenvalue weighted by molar-refractivity contribution is 0.802. The molecule has 0 atom stereocenters. The second kappa shape index (κ2) is 6.42. The molecule has 0 spiro atoms. The van der Waals surface area contributed by atoms with Crippen LogP contribution in [0.1, 0.15) is 39.5 Å².